The number of aromatic nitrogens is 3. The normalized spacial score (nSPS) is 19.7. The topological polar surface area (TPSA) is 80.1 Å². The van der Waals surface area contributed by atoms with Gasteiger partial charge in [0.05, 0.1) is 16.8 Å². The first-order chi connectivity index (χ1) is 12.2. The smallest absolute Gasteiger partial charge is 0.253 e. The van der Waals surface area contributed by atoms with Crippen molar-refractivity contribution in [2.75, 3.05) is 18.0 Å². The molecule has 7 nitrogen and oxygen atoms in total. The maximum absolute atomic E-state index is 14.3. The summed E-state index contributed by atoms with van der Waals surface area (Å²) in [7, 11) is 1.62. The minimum absolute atomic E-state index is 0.130. The van der Waals surface area contributed by atoms with Crippen molar-refractivity contribution >= 4 is 11.7 Å². The average molecular weight is 359 g/mol. The second-order valence-electron chi connectivity index (χ2n) is 7.11. The van der Waals surface area contributed by atoms with Crippen LogP contribution in [0.2, 0.25) is 0 Å². The van der Waals surface area contributed by atoms with Gasteiger partial charge in [0.2, 0.25) is 0 Å². The molecule has 0 spiro atoms. The predicted octanol–water partition coefficient (Wildman–Crippen LogP) is 1.33. The molecular formula is C18H22FN5O2. The summed E-state index contributed by atoms with van der Waals surface area (Å²) in [5.41, 5.74) is 0.582. The van der Waals surface area contributed by atoms with Crippen molar-refractivity contribution < 1.29 is 9.18 Å². The Hall–Kier alpha value is -2.77. The van der Waals surface area contributed by atoms with Crippen LogP contribution in [0.15, 0.2) is 23.4 Å². The van der Waals surface area contributed by atoms with Crippen LogP contribution in [0.25, 0.3) is 0 Å². The van der Waals surface area contributed by atoms with Crippen LogP contribution in [-0.4, -0.2) is 39.1 Å². The number of carbonyl (C=O) groups excluding carboxylic acids is 1. The molecule has 26 heavy (non-hydrogen) atoms. The Bertz CT molecular complexity index is 900. The number of carbonyl (C=O) groups is 1. The van der Waals surface area contributed by atoms with Crippen LogP contribution in [-0.2, 0) is 7.05 Å². The number of aryl methyl sites for hydroxylation is 3. The zero-order valence-corrected chi connectivity index (χ0v) is 15.3. The molecule has 1 amide bonds. The van der Waals surface area contributed by atoms with Crippen molar-refractivity contribution in [3.63, 3.8) is 0 Å². The third-order valence-corrected chi connectivity index (χ3v) is 4.76. The molecule has 2 aromatic heterocycles. The van der Waals surface area contributed by atoms with Crippen LogP contribution in [0, 0.1) is 19.7 Å². The molecule has 138 valence electrons. The summed E-state index contributed by atoms with van der Waals surface area (Å²) >= 11 is 0. The van der Waals surface area contributed by atoms with Crippen molar-refractivity contribution in [2.45, 2.75) is 32.7 Å². The van der Waals surface area contributed by atoms with Gasteiger partial charge in [0.1, 0.15) is 6.33 Å². The van der Waals surface area contributed by atoms with Crippen molar-refractivity contribution in [3.05, 3.63) is 51.6 Å². The number of hydrogen-bond donors (Lipinski definition) is 1. The molecule has 3 rings (SSSR count). The van der Waals surface area contributed by atoms with E-state index in [1.54, 1.807) is 27.0 Å². The lowest BCUT2D eigenvalue weighted by Crippen LogP contribution is -2.48. The molecule has 8 heteroatoms. The van der Waals surface area contributed by atoms with Crippen molar-refractivity contribution in [1.82, 2.24) is 19.9 Å². The number of rotatable bonds is 3. The molecule has 2 aromatic rings. The highest BCUT2D eigenvalue weighted by Crippen LogP contribution is 2.27. The summed E-state index contributed by atoms with van der Waals surface area (Å²) < 4.78 is 15.7. The van der Waals surface area contributed by atoms with Gasteiger partial charge in [0.25, 0.3) is 11.5 Å². The molecule has 0 aliphatic carbocycles. The largest absolute Gasteiger partial charge is 0.352 e. The lowest BCUT2D eigenvalue weighted by Gasteiger charge is -2.27. The summed E-state index contributed by atoms with van der Waals surface area (Å²) in [4.78, 5) is 34.1. The van der Waals surface area contributed by atoms with Gasteiger partial charge in [-0.15, -0.1) is 0 Å². The molecule has 1 fully saturated rings. The molecule has 3 heterocycles. The Labute approximate surface area is 150 Å². The predicted molar refractivity (Wildman–Crippen MR) is 95.8 cm³/mol. The first-order valence-electron chi connectivity index (χ1n) is 8.42. The number of pyridine rings is 1. The van der Waals surface area contributed by atoms with Crippen LogP contribution >= 0.6 is 0 Å². The fourth-order valence-electron chi connectivity index (χ4n) is 3.26. The number of nitrogens with zero attached hydrogens (tertiary/aromatic N) is 4. The summed E-state index contributed by atoms with van der Waals surface area (Å²) in [6.07, 6.45) is 3.52. The van der Waals surface area contributed by atoms with Gasteiger partial charge in [0, 0.05) is 31.9 Å². The third-order valence-electron chi connectivity index (χ3n) is 4.76. The number of halogens is 1. The number of amides is 1. The zero-order chi connectivity index (χ0) is 19.1. The monoisotopic (exact) mass is 359 g/mol. The Morgan fingerprint density at radius 3 is 2.77 bits per heavy atom. The highest BCUT2D eigenvalue weighted by atomic mass is 19.1. The van der Waals surface area contributed by atoms with Crippen LogP contribution in [0.3, 0.4) is 0 Å². The maximum Gasteiger partial charge on any atom is 0.253 e. The molecule has 0 bridgehead atoms. The Morgan fingerprint density at radius 1 is 1.35 bits per heavy atom. The molecule has 1 aliphatic heterocycles. The molecule has 1 N–H and O–H groups in total. The molecular weight excluding hydrogens is 337 g/mol. The number of nitrogens with one attached hydrogen (secondary N) is 1. The van der Waals surface area contributed by atoms with Crippen LogP contribution in [0.5, 0.6) is 0 Å². The van der Waals surface area contributed by atoms with E-state index in [0.717, 1.165) is 0 Å². The molecule has 1 atom stereocenters. The molecule has 0 aromatic carbocycles. The van der Waals surface area contributed by atoms with E-state index in [9.17, 15) is 14.0 Å². The van der Waals surface area contributed by atoms with Crippen LogP contribution < -0.4 is 15.8 Å². The van der Waals surface area contributed by atoms with E-state index in [0.29, 0.717) is 36.3 Å². The Kier molecular flexibility index (Phi) is 4.52. The quantitative estimate of drug-likeness (QED) is 0.894. The van der Waals surface area contributed by atoms with Gasteiger partial charge in [-0.25, -0.2) is 14.4 Å². The van der Waals surface area contributed by atoms with Gasteiger partial charge >= 0.3 is 0 Å². The van der Waals surface area contributed by atoms with Gasteiger partial charge in [0.15, 0.2) is 11.6 Å². The average Bonchev–Trinajstić information content (AvgIpc) is 2.96. The van der Waals surface area contributed by atoms with E-state index >= 15 is 0 Å². The van der Waals surface area contributed by atoms with Crippen molar-refractivity contribution in [3.8, 4) is 0 Å². The zero-order valence-electron chi connectivity index (χ0n) is 15.3. The van der Waals surface area contributed by atoms with E-state index < -0.39 is 11.4 Å². The fourth-order valence-corrected chi connectivity index (χ4v) is 3.26. The van der Waals surface area contributed by atoms with Gasteiger partial charge < -0.3 is 14.8 Å². The van der Waals surface area contributed by atoms with Crippen LogP contribution in [0.4, 0.5) is 10.2 Å². The molecule has 1 saturated heterocycles. The number of hydrogen-bond acceptors (Lipinski definition) is 5. The summed E-state index contributed by atoms with van der Waals surface area (Å²) in [5, 5.41) is 3.02. The Balaban J connectivity index is 1.77. The van der Waals surface area contributed by atoms with Gasteiger partial charge in [-0.1, -0.05) is 0 Å². The second-order valence-corrected chi connectivity index (χ2v) is 7.11. The van der Waals surface area contributed by atoms with E-state index in [-0.39, 0.29) is 17.3 Å². The molecule has 1 unspecified atom stereocenters. The van der Waals surface area contributed by atoms with Gasteiger partial charge in [-0.2, -0.15) is 0 Å². The minimum Gasteiger partial charge on any atom is -0.352 e. The molecule has 1 aliphatic rings. The lowest BCUT2D eigenvalue weighted by molar-refractivity contribution is 0.0913. The first kappa shape index (κ1) is 18.0. The maximum atomic E-state index is 14.3. The molecule has 0 radical (unpaired) electrons. The fraction of sp³-hybridized carbons (Fsp3) is 0.444. The minimum atomic E-state index is -0.523. The van der Waals surface area contributed by atoms with Crippen LogP contribution in [0.1, 0.15) is 35.0 Å². The van der Waals surface area contributed by atoms with Gasteiger partial charge in [-0.05, 0) is 33.3 Å². The SMILES string of the molecule is Cc1ncnc(N2CCC(C)(NC(=O)c3cc(C)c(=O)n(C)c3)C2)c1F. The molecule has 0 saturated carbocycles. The standard InChI is InChI=1S/C18H22FN5O2/c1-11-7-13(8-23(4)17(11)26)16(25)22-18(3)5-6-24(9-18)15-14(19)12(2)20-10-21-15/h7-8,10H,5-6,9H2,1-4H3,(H,22,25). The summed E-state index contributed by atoms with van der Waals surface area (Å²) in [6.45, 7) is 6.22. The van der Waals surface area contributed by atoms with E-state index in [2.05, 4.69) is 15.3 Å². The lowest BCUT2D eigenvalue weighted by atomic mass is 10.0. The van der Waals surface area contributed by atoms with E-state index in [1.165, 1.54) is 17.1 Å². The highest BCUT2D eigenvalue weighted by Gasteiger charge is 2.37. The number of anilines is 1. The summed E-state index contributed by atoms with van der Waals surface area (Å²) in [5.74, 6) is -0.433. The third kappa shape index (κ3) is 3.31. The van der Waals surface area contributed by atoms with Gasteiger partial charge in [-0.3, -0.25) is 9.59 Å². The second kappa shape index (κ2) is 6.51. The van der Waals surface area contributed by atoms with E-state index in [4.69, 9.17) is 0 Å². The van der Waals surface area contributed by atoms with Crippen molar-refractivity contribution in [2.24, 2.45) is 7.05 Å². The van der Waals surface area contributed by atoms with Crippen molar-refractivity contribution in [1.29, 1.82) is 0 Å². The first-order valence-corrected chi connectivity index (χ1v) is 8.42. The Morgan fingerprint density at radius 2 is 2.08 bits per heavy atom. The highest BCUT2D eigenvalue weighted by molar-refractivity contribution is 5.94. The van der Waals surface area contributed by atoms with E-state index in [1.807, 2.05) is 11.8 Å². The summed E-state index contributed by atoms with van der Waals surface area (Å²) in [6, 6.07) is 1.58.